The minimum Gasteiger partial charge on any atom is -0.496 e. The van der Waals surface area contributed by atoms with Crippen molar-refractivity contribution in [1.82, 2.24) is 15.5 Å². The maximum absolute atomic E-state index is 12.2. The monoisotopic (exact) mass is 305 g/mol. The number of para-hydroxylation sites is 1. The summed E-state index contributed by atoms with van der Waals surface area (Å²) in [6.45, 7) is 3.79. The Morgan fingerprint density at radius 2 is 2.18 bits per heavy atom. The van der Waals surface area contributed by atoms with Gasteiger partial charge in [-0.15, -0.1) is 0 Å². The summed E-state index contributed by atoms with van der Waals surface area (Å²) in [5, 5.41) is 6.06. The highest BCUT2D eigenvalue weighted by atomic mass is 16.5. The second-order valence-corrected chi connectivity index (χ2v) is 5.32. The lowest BCUT2D eigenvalue weighted by atomic mass is 10.1. The van der Waals surface area contributed by atoms with Gasteiger partial charge in [0, 0.05) is 33.1 Å². The second-order valence-electron chi connectivity index (χ2n) is 5.32. The molecule has 0 bridgehead atoms. The van der Waals surface area contributed by atoms with Gasteiger partial charge in [0.2, 0.25) is 11.8 Å². The van der Waals surface area contributed by atoms with Gasteiger partial charge < -0.3 is 20.3 Å². The predicted octanol–water partition coefficient (Wildman–Crippen LogP) is 0.174. The van der Waals surface area contributed by atoms with Gasteiger partial charge in [0.1, 0.15) is 11.8 Å². The van der Waals surface area contributed by atoms with Gasteiger partial charge in [-0.2, -0.15) is 0 Å². The predicted molar refractivity (Wildman–Crippen MR) is 83.8 cm³/mol. The lowest BCUT2D eigenvalue weighted by Gasteiger charge is -2.32. The van der Waals surface area contributed by atoms with Crippen molar-refractivity contribution in [1.29, 1.82) is 0 Å². The van der Waals surface area contributed by atoms with Crippen LogP contribution in [0.3, 0.4) is 0 Å². The van der Waals surface area contributed by atoms with E-state index in [1.54, 1.807) is 12.0 Å². The number of nitrogens with zero attached hydrogens (tertiary/aromatic N) is 1. The molecule has 1 atom stereocenters. The molecule has 2 N–H and O–H groups in total. The van der Waals surface area contributed by atoms with Gasteiger partial charge >= 0.3 is 0 Å². The smallest absolute Gasteiger partial charge is 0.238 e. The van der Waals surface area contributed by atoms with Gasteiger partial charge in [0.15, 0.2) is 0 Å². The Morgan fingerprint density at radius 3 is 2.91 bits per heavy atom. The third-order valence-electron chi connectivity index (χ3n) is 3.82. The van der Waals surface area contributed by atoms with Crippen LogP contribution in [0.25, 0.3) is 0 Å². The molecule has 1 aliphatic heterocycles. The molecule has 1 heterocycles. The summed E-state index contributed by atoms with van der Waals surface area (Å²) < 4.78 is 5.29. The Balaban J connectivity index is 1.81. The van der Waals surface area contributed by atoms with Crippen molar-refractivity contribution >= 4 is 11.8 Å². The molecule has 2 rings (SSSR count). The van der Waals surface area contributed by atoms with Crippen LogP contribution in [0.2, 0.25) is 0 Å². The van der Waals surface area contributed by atoms with Gasteiger partial charge in [-0.05, 0) is 18.1 Å². The number of ether oxygens (including phenoxy) is 1. The minimum absolute atomic E-state index is 0.00771. The molecule has 120 valence electrons. The van der Waals surface area contributed by atoms with E-state index in [1.807, 2.05) is 24.3 Å². The SMILES string of the molecule is COc1ccccc1CCNC(=O)[C@@H]1CN(C(C)=O)CCN1. The topological polar surface area (TPSA) is 70.7 Å². The third kappa shape index (κ3) is 4.21. The molecule has 0 aromatic heterocycles. The number of carbonyl (C=O) groups excluding carboxylic acids is 2. The van der Waals surface area contributed by atoms with Crippen LogP contribution in [-0.2, 0) is 16.0 Å². The number of carbonyl (C=O) groups is 2. The average molecular weight is 305 g/mol. The molecule has 1 aliphatic rings. The van der Waals surface area contributed by atoms with E-state index in [0.717, 1.165) is 11.3 Å². The summed E-state index contributed by atoms with van der Waals surface area (Å²) in [6, 6.07) is 7.43. The number of nitrogens with one attached hydrogen (secondary N) is 2. The van der Waals surface area contributed by atoms with Crippen LogP contribution in [0.5, 0.6) is 5.75 Å². The van der Waals surface area contributed by atoms with E-state index in [0.29, 0.717) is 32.6 Å². The first-order chi connectivity index (χ1) is 10.6. The van der Waals surface area contributed by atoms with E-state index in [2.05, 4.69) is 10.6 Å². The van der Waals surface area contributed by atoms with E-state index in [4.69, 9.17) is 4.74 Å². The number of amides is 2. The summed E-state index contributed by atoms with van der Waals surface area (Å²) in [4.78, 5) is 25.3. The molecule has 1 aromatic rings. The Hall–Kier alpha value is -2.08. The minimum atomic E-state index is -0.338. The zero-order valence-corrected chi connectivity index (χ0v) is 13.1. The summed E-state index contributed by atoms with van der Waals surface area (Å²) in [7, 11) is 1.64. The summed E-state index contributed by atoms with van der Waals surface area (Å²) in [5.41, 5.74) is 1.06. The molecule has 0 saturated carbocycles. The van der Waals surface area contributed by atoms with Crippen LogP contribution in [0.1, 0.15) is 12.5 Å². The molecule has 2 amide bonds. The first-order valence-corrected chi connectivity index (χ1v) is 7.50. The number of hydrogen-bond donors (Lipinski definition) is 2. The molecular weight excluding hydrogens is 282 g/mol. The van der Waals surface area contributed by atoms with E-state index >= 15 is 0 Å². The summed E-state index contributed by atoms with van der Waals surface area (Å²) in [5.74, 6) is 0.768. The molecular formula is C16H23N3O3. The fraction of sp³-hybridized carbons (Fsp3) is 0.500. The first kappa shape index (κ1) is 16.3. The molecule has 6 nitrogen and oxygen atoms in total. The number of hydrogen-bond acceptors (Lipinski definition) is 4. The van der Waals surface area contributed by atoms with Crippen LogP contribution < -0.4 is 15.4 Å². The molecule has 1 fully saturated rings. The zero-order chi connectivity index (χ0) is 15.9. The molecule has 0 radical (unpaired) electrons. The van der Waals surface area contributed by atoms with Crippen molar-refractivity contribution in [3.63, 3.8) is 0 Å². The van der Waals surface area contributed by atoms with Crippen LogP contribution in [0.4, 0.5) is 0 Å². The fourth-order valence-corrected chi connectivity index (χ4v) is 2.56. The van der Waals surface area contributed by atoms with Gasteiger partial charge in [-0.1, -0.05) is 18.2 Å². The highest BCUT2D eigenvalue weighted by Gasteiger charge is 2.26. The average Bonchev–Trinajstić information content (AvgIpc) is 2.55. The van der Waals surface area contributed by atoms with Crippen LogP contribution in [0, 0.1) is 0 Å². The highest BCUT2D eigenvalue weighted by molar-refractivity contribution is 5.83. The van der Waals surface area contributed by atoms with Crippen LogP contribution in [-0.4, -0.2) is 56.0 Å². The Labute approximate surface area is 130 Å². The summed E-state index contributed by atoms with van der Waals surface area (Å²) >= 11 is 0. The van der Waals surface area contributed by atoms with Crippen molar-refractivity contribution in [2.75, 3.05) is 33.3 Å². The first-order valence-electron chi connectivity index (χ1n) is 7.50. The van der Waals surface area contributed by atoms with Gasteiger partial charge in [0.05, 0.1) is 7.11 Å². The normalized spacial score (nSPS) is 17.9. The fourth-order valence-electron chi connectivity index (χ4n) is 2.56. The molecule has 0 aliphatic carbocycles. The molecule has 0 spiro atoms. The number of methoxy groups -OCH3 is 1. The van der Waals surface area contributed by atoms with E-state index in [-0.39, 0.29) is 17.9 Å². The van der Waals surface area contributed by atoms with Crippen molar-refractivity contribution in [2.24, 2.45) is 0 Å². The van der Waals surface area contributed by atoms with E-state index in [1.165, 1.54) is 6.92 Å². The standard InChI is InChI=1S/C16H23N3O3/c1-12(20)19-10-9-17-14(11-19)16(21)18-8-7-13-5-3-4-6-15(13)22-2/h3-6,14,17H,7-11H2,1-2H3,(H,18,21)/t14-/m0/s1. The third-order valence-corrected chi connectivity index (χ3v) is 3.82. The van der Waals surface area contributed by atoms with Gasteiger partial charge in [-0.3, -0.25) is 9.59 Å². The molecule has 22 heavy (non-hydrogen) atoms. The maximum Gasteiger partial charge on any atom is 0.238 e. The Morgan fingerprint density at radius 1 is 1.41 bits per heavy atom. The molecule has 1 saturated heterocycles. The van der Waals surface area contributed by atoms with Gasteiger partial charge in [-0.25, -0.2) is 0 Å². The van der Waals surface area contributed by atoms with Crippen molar-refractivity contribution in [3.8, 4) is 5.75 Å². The second kappa shape index (κ2) is 7.79. The molecule has 6 heteroatoms. The Kier molecular flexibility index (Phi) is 5.77. The van der Waals surface area contributed by atoms with Crippen molar-refractivity contribution in [3.05, 3.63) is 29.8 Å². The quantitative estimate of drug-likeness (QED) is 0.814. The molecule has 0 unspecified atom stereocenters. The van der Waals surface area contributed by atoms with E-state index < -0.39 is 0 Å². The largest absolute Gasteiger partial charge is 0.496 e. The van der Waals surface area contributed by atoms with Crippen LogP contribution >= 0.6 is 0 Å². The summed E-state index contributed by atoms with van der Waals surface area (Å²) in [6.07, 6.45) is 0.707. The zero-order valence-electron chi connectivity index (χ0n) is 13.1. The van der Waals surface area contributed by atoms with E-state index in [9.17, 15) is 9.59 Å². The molecule has 1 aromatic carbocycles. The lowest BCUT2D eigenvalue weighted by molar-refractivity contribution is -0.132. The highest BCUT2D eigenvalue weighted by Crippen LogP contribution is 2.17. The number of benzene rings is 1. The van der Waals surface area contributed by atoms with Crippen molar-refractivity contribution < 1.29 is 14.3 Å². The van der Waals surface area contributed by atoms with Gasteiger partial charge in [0.25, 0.3) is 0 Å². The number of piperazine rings is 1. The van der Waals surface area contributed by atoms with Crippen LogP contribution in [0.15, 0.2) is 24.3 Å². The number of rotatable bonds is 5. The maximum atomic E-state index is 12.2. The Bertz CT molecular complexity index is 533. The lowest BCUT2D eigenvalue weighted by Crippen LogP contribution is -2.58. The van der Waals surface area contributed by atoms with Crippen molar-refractivity contribution in [2.45, 2.75) is 19.4 Å².